The molecule has 0 aromatic carbocycles. The molecule has 0 bridgehead atoms. The van der Waals surface area contributed by atoms with E-state index in [1.807, 2.05) is 12.1 Å². The van der Waals surface area contributed by atoms with Gasteiger partial charge in [-0.25, -0.2) is 0 Å². The highest BCUT2D eigenvalue weighted by Crippen LogP contribution is 2.23. The molecule has 0 aliphatic heterocycles. The molecule has 0 unspecified atom stereocenters. The van der Waals surface area contributed by atoms with E-state index in [4.69, 9.17) is 5.73 Å². The summed E-state index contributed by atoms with van der Waals surface area (Å²) in [5.41, 5.74) is 7.02. The molecule has 70 valence electrons. The summed E-state index contributed by atoms with van der Waals surface area (Å²) in [6, 6.07) is 1.95. The first-order chi connectivity index (χ1) is 6.25. The first-order valence-corrected chi connectivity index (χ1v) is 5.01. The lowest BCUT2D eigenvalue weighted by atomic mass is 10.1. The molecule has 3 heteroatoms. The molecule has 0 aliphatic rings. The first-order valence-electron chi connectivity index (χ1n) is 4.21. The Labute approximate surface area is 87.0 Å². The fourth-order valence-corrected chi connectivity index (χ4v) is 1.63. The molecule has 0 saturated carbocycles. The molecule has 0 amide bonds. The number of hydrogen-bond acceptors (Lipinski definition) is 2. The van der Waals surface area contributed by atoms with Crippen LogP contribution < -0.4 is 5.73 Å². The van der Waals surface area contributed by atoms with Gasteiger partial charge in [0, 0.05) is 28.5 Å². The van der Waals surface area contributed by atoms with Gasteiger partial charge < -0.3 is 5.73 Å². The SMILES string of the molecule is C=CCC[C@@H](N)c1cnccc1Br. The van der Waals surface area contributed by atoms with Crippen molar-refractivity contribution in [3.63, 3.8) is 0 Å². The van der Waals surface area contributed by atoms with Gasteiger partial charge in [0.25, 0.3) is 0 Å². The quantitative estimate of drug-likeness (QED) is 0.823. The van der Waals surface area contributed by atoms with Gasteiger partial charge in [-0.05, 0) is 18.9 Å². The van der Waals surface area contributed by atoms with Crippen molar-refractivity contribution < 1.29 is 0 Å². The third-order valence-electron chi connectivity index (χ3n) is 1.88. The van der Waals surface area contributed by atoms with Crippen LogP contribution in [0.15, 0.2) is 35.6 Å². The summed E-state index contributed by atoms with van der Waals surface area (Å²) in [6.07, 6.45) is 7.27. The second-order valence-corrected chi connectivity index (χ2v) is 3.72. The Morgan fingerprint density at radius 2 is 2.46 bits per heavy atom. The van der Waals surface area contributed by atoms with E-state index in [0.717, 1.165) is 22.9 Å². The summed E-state index contributed by atoms with van der Waals surface area (Å²) in [7, 11) is 0. The molecule has 1 aromatic heterocycles. The molecule has 0 saturated heterocycles. The number of pyridine rings is 1. The van der Waals surface area contributed by atoms with Crippen molar-refractivity contribution >= 4 is 15.9 Å². The number of aromatic nitrogens is 1. The molecule has 1 atom stereocenters. The zero-order chi connectivity index (χ0) is 9.68. The monoisotopic (exact) mass is 240 g/mol. The zero-order valence-corrected chi connectivity index (χ0v) is 9.00. The maximum atomic E-state index is 5.96. The predicted molar refractivity (Wildman–Crippen MR) is 58.3 cm³/mol. The minimum absolute atomic E-state index is 0.0427. The number of allylic oxidation sites excluding steroid dienone is 1. The summed E-state index contributed by atoms with van der Waals surface area (Å²) < 4.78 is 1.03. The largest absolute Gasteiger partial charge is 0.324 e. The standard InChI is InChI=1S/C10H13BrN2/c1-2-3-4-10(12)8-7-13-6-5-9(8)11/h2,5-7,10H,1,3-4,12H2/t10-/m1/s1. The van der Waals surface area contributed by atoms with E-state index < -0.39 is 0 Å². The minimum atomic E-state index is 0.0427. The average Bonchev–Trinajstić information content (AvgIpc) is 2.15. The van der Waals surface area contributed by atoms with Crippen molar-refractivity contribution in [3.05, 3.63) is 41.2 Å². The fraction of sp³-hybridized carbons (Fsp3) is 0.300. The van der Waals surface area contributed by atoms with Crippen LogP contribution in [0.3, 0.4) is 0 Å². The van der Waals surface area contributed by atoms with Gasteiger partial charge in [-0.15, -0.1) is 6.58 Å². The van der Waals surface area contributed by atoms with Crippen molar-refractivity contribution in [2.24, 2.45) is 5.73 Å². The lowest BCUT2D eigenvalue weighted by Gasteiger charge is -2.11. The number of rotatable bonds is 4. The van der Waals surface area contributed by atoms with Crippen LogP contribution in [0.2, 0.25) is 0 Å². The highest BCUT2D eigenvalue weighted by molar-refractivity contribution is 9.10. The Morgan fingerprint density at radius 1 is 1.69 bits per heavy atom. The molecule has 2 N–H and O–H groups in total. The summed E-state index contributed by atoms with van der Waals surface area (Å²) in [5.74, 6) is 0. The van der Waals surface area contributed by atoms with E-state index in [-0.39, 0.29) is 6.04 Å². The van der Waals surface area contributed by atoms with Gasteiger partial charge in [0.2, 0.25) is 0 Å². The zero-order valence-electron chi connectivity index (χ0n) is 7.41. The van der Waals surface area contributed by atoms with Crippen molar-refractivity contribution in [1.29, 1.82) is 0 Å². The summed E-state index contributed by atoms with van der Waals surface area (Å²) in [4.78, 5) is 4.04. The van der Waals surface area contributed by atoms with Crippen LogP contribution in [0.1, 0.15) is 24.4 Å². The number of hydrogen-bond donors (Lipinski definition) is 1. The van der Waals surface area contributed by atoms with Gasteiger partial charge in [0.15, 0.2) is 0 Å². The van der Waals surface area contributed by atoms with Crippen LogP contribution in [-0.4, -0.2) is 4.98 Å². The number of nitrogens with zero attached hydrogens (tertiary/aromatic N) is 1. The van der Waals surface area contributed by atoms with Crippen LogP contribution in [0.5, 0.6) is 0 Å². The van der Waals surface area contributed by atoms with E-state index in [9.17, 15) is 0 Å². The smallest absolute Gasteiger partial charge is 0.0326 e. The number of halogens is 1. The van der Waals surface area contributed by atoms with Gasteiger partial charge >= 0.3 is 0 Å². The normalized spacial score (nSPS) is 12.5. The average molecular weight is 241 g/mol. The molecule has 1 rings (SSSR count). The molecular formula is C10H13BrN2. The molecule has 0 fully saturated rings. The second-order valence-electron chi connectivity index (χ2n) is 2.87. The maximum absolute atomic E-state index is 5.96. The lowest BCUT2D eigenvalue weighted by molar-refractivity contribution is 0.656. The minimum Gasteiger partial charge on any atom is -0.324 e. The highest BCUT2D eigenvalue weighted by Gasteiger charge is 2.08. The van der Waals surface area contributed by atoms with Crippen molar-refractivity contribution in [2.45, 2.75) is 18.9 Å². The van der Waals surface area contributed by atoms with Crippen LogP contribution in [0, 0.1) is 0 Å². The highest BCUT2D eigenvalue weighted by atomic mass is 79.9. The topological polar surface area (TPSA) is 38.9 Å². The third-order valence-corrected chi connectivity index (χ3v) is 2.60. The van der Waals surface area contributed by atoms with Crippen LogP contribution in [-0.2, 0) is 0 Å². The summed E-state index contributed by atoms with van der Waals surface area (Å²) in [6.45, 7) is 3.67. The lowest BCUT2D eigenvalue weighted by Crippen LogP contribution is -2.10. The van der Waals surface area contributed by atoms with Gasteiger partial charge in [-0.1, -0.05) is 22.0 Å². The van der Waals surface area contributed by atoms with Crippen molar-refractivity contribution in [2.75, 3.05) is 0 Å². The van der Waals surface area contributed by atoms with Crippen molar-refractivity contribution in [1.82, 2.24) is 4.98 Å². The molecule has 1 heterocycles. The second kappa shape index (κ2) is 5.14. The first kappa shape index (κ1) is 10.4. The molecular weight excluding hydrogens is 228 g/mol. The van der Waals surface area contributed by atoms with Gasteiger partial charge in [0.1, 0.15) is 0 Å². The van der Waals surface area contributed by atoms with Crippen LogP contribution >= 0.6 is 15.9 Å². The van der Waals surface area contributed by atoms with E-state index in [0.29, 0.717) is 0 Å². The predicted octanol–water partition coefficient (Wildman–Crippen LogP) is 2.81. The van der Waals surface area contributed by atoms with Crippen LogP contribution in [0.4, 0.5) is 0 Å². The van der Waals surface area contributed by atoms with E-state index in [1.165, 1.54) is 0 Å². The Bertz CT molecular complexity index is 286. The third kappa shape index (κ3) is 2.94. The van der Waals surface area contributed by atoms with Crippen LogP contribution in [0.25, 0.3) is 0 Å². The fourth-order valence-electron chi connectivity index (χ4n) is 1.12. The Kier molecular flexibility index (Phi) is 4.12. The molecule has 0 radical (unpaired) electrons. The molecule has 0 aliphatic carbocycles. The van der Waals surface area contributed by atoms with Gasteiger partial charge in [-0.2, -0.15) is 0 Å². The summed E-state index contributed by atoms with van der Waals surface area (Å²) in [5, 5.41) is 0. The van der Waals surface area contributed by atoms with E-state index in [1.54, 1.807) is 12.4 Å². The number of nitrogens with two attached hydrogens (primary N) is 1. The molecule has 1 aromatic rings. The van der Waals surface area contributed by atoms with Gasteiger partial charge in [0.05, 0.1) is 0 Å². The Hall–Kier alpha value is -0.670. The Morgan fingerprint density at radius 3 is 3.08 bits per heavy atom. The van der Waals surface area contributed by atoms with E-state index >= 15 is 0 Å². The molecule has 2 nitrogen and oxygen atoms in total. The van der Waals surface area contributed by atoms with E-state index in [2.05, 4.69) is 27.5 Å². The summed E-state index contributed by atoms with van der Waals surface area (Å²) >= 11 is 3.44. The van der Waals surface area contributed by atoms with Crippen molar-refractivity contribution in [3.8, 4) is 0 Å². The Balaban J connectivity index is 2.70. The molecule has 13 heavy (non-hydrogen) atoms. The van der Waals surface area contributed by atoms with Gasteiger partial charge in [-0.3, -0.25) is 4.98 Å². The maximum Gasteiger partial charge on any atom is 0.0326 e. The molecule has 0 spiro atoms.